The first-order valence-electron chi connectivity index (χ1n) is 8.06. The molecular formula is C12H18B3O8P2+2. The van der Waals surface area contributed by atoms with E-state index in [0.29, 0.717) is 0 Å². The van der Waals surface area contributed by atoms with Gasteiger partial charge in [0.1, 0.15) is 45.5 Å². The lowest BCUT2D eigenvalue weighted by molar-refractivity contribution is -0.0209. The minimum absolute atomic E-state index is 0.0591. The van der Waals surface area contributed by atoms with Crippen molar-refractivity contribution in [2.75, 3.05) is 13.2 Å². The van der Waals surface area contributed by atoms with Crippen molar-refractivity contribution >= 4 is 39.3 Å². The van der Waals surface area contributed by atoms with Crippen molar-refractivity contribution in [1.29, 1.82) is 0 Å². The average molecular weight is 385 g/mol. The van der Waals surface area contributed by atoms with Gasteiger partial charge in [0.15, 0.2) is 0 Å². The summed E-state index contributed by atoms with van der Waals surface area (Å²) in [6.07, 6.45) is -2.41. The highest BCUT2D eigenvalue weighted by atomic mass is 31.1. The summed E-state index contributed by atoms with van der Waals surface area (Å²) in [4.78, 5) is 0. The topological polar surface area (TPSA) is 89.5 Å². The van der Waals surface area contributed by atoms with Gasteiger partial charge < -0.3 is 9.47 Å². The van der Waals surface area contributed by atoms with Gasteiger partial charge in [0, 0.05) is 40.7 Å². The van der Waals surface area contributed by atoms with Gasteiger partial charge in [0.25, 0.3) is 0 Å². The van der Waals surface area contributed by atoms with E-state index in [2.05, 4.69) is 0 Å². The van der Waals surface area contributed by atoms with Crippen LogP contribution in [-0.2, 0) is 36.7 Å². The Bertz CT molecular complexity index is 529. The standard InChI is InChI=1S/C12H18B3O8P2/c1-5-9-7(20-11(5)13)3-18-25(17)23-10-6(2)12(15-14)21-8(10)4-19-24(16)22-9/h5-12H,3-4H2,1-2H3/q+2/t5?,6-,7+,8+,9+,10?,11+,12+/m0/s1. The van der Waals surface area contributed by atoms with Crippen molar-refractivity contribution in [3.63, 3.8) is 0 Å². The summed E-state index contributed by atoms with van der Waals surface area (Å²) < 4.78 is 57.1. The Balaban J connectivity index is 1.74. The van der Waals surface area contributed by atoms with E-state index in [1.807, 2.05) is 6.92 Å². The number of rotatable bonds is 1. The molecule has 8 nitrogen and oxygen atoms in total. The molecule has 3 saturated heterocycles. The molecule has 3 aliphatic rings. The fourth-order valence-corrected chi connectivity index (χ4v) is 4.91. The van der Waals surface area contributed by atoms with Crippen molar-refractivity contribution in [1.82, 2.24) is 0 Å². The second-order valence-electron chi connectivity index (χ2n) is 6.37. The van der Waals surface area contributed by atoms with E-state index in [0.717, 1.165) is 0 Å². The Morgan fingerprint density at radius 2 is 1.44 bits per heavy atom. The summed E-state index contributed by atoms with van der Waals surface area (Å²) in [5.74, 6) is -0.406. The van der Waals surface area contributed by atoms with Crippen LogP contribution < -0.4 is 0 Å². The van der Waals surface area contributed by atoms with Crippen LogP contribution in [0.1, 0.15) is 13.8 Å². The van der Waals surface area contributed by atoms with Crippen LogP contribution in [-0.4, -0.2) is 72.4 Å². The second kappa shape index (κ2) is 8.45. The Labute approximate surface area is 151 Å². The highest BCUT2D eigenvalue weighted by Gasteiger charge is 2.52. The van der Waals surface area contributed by atoms with E-state index in [4.69, 9.17) is 43.2 Å². The van der Waals surface area contributed by atoms with Crippen molar-refractivity contribution in [2.45, 2.75) is 50.3 Å². The lowest BCUT2D eigenvalue weighted by Gasteiger charge is -2.16. The molecule has 5 radical (unpaired) electrons. The molecule has 0 saturated carbocycles. The Morgan fingerprint density at radius 1 is 0.920 bits per heavy atom. The molecule has 0 aromatic rings. The number of fused-ring (bicyclic) bond motifs is 2. The average Bonchev–Trinajstić information content (AvgIpc) is 3.02. The van der Waals surface area contributed by atoms with Crippen LogP contribution in [0.15, 0.2) is 0 Å². The second-order valence-corrected chi connectivity index (χ2v) is 8.20. The largest absolute Gasteiger partial charge is 0.697 e. The molecule has 4 unspecified atom stereocenters. The monoisotopic (exact) mass is 385 g/mol. The fourth-order valence-electron chi connectivity index (χ4n) is 3.20. The number of ether oxygens (including phenoxy) is 2. The van der Waals surface area contributed by atoms with E-state index in [1.54, 1.807) is 6.92 Å². The minimum Gasteiger partial charge on any atom is -0.379 e. The normalized spacial score (nSPS) is 48.9. The van der Waals surface area contributed by atoms with Crippen LogP contribution in [0.4, 0.5) is 0 Å². The Hall–Kier alpha value is 0.155. The third kappa shape index (κ3) is 4.36. The third-order valence-electron chi connectivity index (χ3n) is 4.76. The molecule has 0 amide bonds. The van der Waals surface area contributed by atoms with Crippen molar-refractivity contribution in [2.24, 2.45) is 11.8 Å². The van der Waals surface area contributed by atoms with Crippen LogP contribution in [0.2, 0.25) is 0 Å². The minimum atomic E-state index is -2.42. The van der Waals surface area contributed by atoms with Crippen LogP contribution in [0, 0.1) is 11.8 Å². The molecule has 13 heteroatoms. The van der Waals surface area contributed by atoms with Gasteiger partial charge in [-0.1, -0.05) is 13.8 Å². The quantitative estimate of drug-likeness (QED) is 0.484. The van der Waals surface area contributed by atoms with Crippen LogP contribution in [0.25, 0.3) is 0 Å². The molecule has 0 aliphatic carbocycles. The highest BCUT2D eigenvalue weighted by Crippen LogP contribution is 2.42. The van der Waals surface area contributed by atoms with Gasteiger partial charge in [-0.2, -0.15) is 0 Å². The maximum atomic E-state index is 12.2. The molecule has 0 aromatic heterocycles. The maximum absolute atomic E-state index is 12.2. The predicted molar refractivity (Wildman–Crippen MR) is 89.8 cm³/mol. The molecule has 10 atom stereocenters. The van der Waals surface area contributed by atoms with Gasteiger partial charge in [0.05, 0.1) is 7.17 Å². The van der Waals surface area contributed by atoms with Crippen LogP contribution >= 0.6 is 16.5 Å². The van der Waals surface area contributed by atoms with Crippen molar-refractivity contribution < 1.29 is 36.7 Å². The number of hydrogen-bond acceptors (Lipinski definition) is 8. The van der Waals surface area contributed by atoms with E-state index < -0.39 is 52.9 Å². The lowest BCUT2D eigenvalue weighted by atomic mass is 9.49. The van der Waals surface area contributed by atoms with Crippen molar-refractivity contribution in [3.05, 3.63) is 0 Å². The summed E-state index contributed by atoms with van der Waals surface area (Å²) in [5, 5.41) is 0. The molecule has 3 heterocycles. The lowest BCUT2D eigenvalue weighted by Crippen LogP contribution is -2.33. The molecule has 0 N–H and O–H groups in total. The molecule has 3 rings (SSSR count). The summed E-state index contributed by atoms with van der Waals surface area (Å²) in [7, 11) is 7.96. The van der Waals surface area contributed by atoms with Gasteiger partial charge in [-0.15, -0.1) is 18.1 Å². The highest BCUT2D eigenvalue weighted by molar-refractivity contribution is 7.33. The molecule has 0 aromatic carbocycles. The number of hydrogen-bond donors (Lipinski definition) is 0. The third-order valence-corrected chi connectivity index (χ3v) is 6.31. The van der Waals surface area contributed by atoms with Gasteiger partial charge in [-0.05, 0) is 0 Å². The summed E-state index contributed by atoms with van der Waals surface area (Å²) in [6.45, 7) is 3.53. The first kappa shape index (κ1) is 19.9. The van der Waals surface area contributed by atoms with Crippen LogP contribution in [0.5, 0.6) is 0 Å². The molecule has 0 spiro atoms. The summed E-state index contributed by atoms with van der Waals surface area (Å²) >= 11 is 0. The van der Waals surface area contributed by atoms with Crippen LogP contribution in [0.3, 0.4) is 0 Å². The first-order chi connectivity index (χ1) is 11.9. The maximum Gasteiger partial charge on any atom is 0.697 e. The van der Waals surface area contributed by atoms with Crippen molar-refractivity contribution in [3.8, 4) is 0 Å². The van der Waals surface area contributed by atoms with Gasteiger partial charge in [0.2, 0.25) is 0 Å². The summed E-state index contributed by atoms with van der Waals surface area (Å²) in [6, 6.07) is -0.999. The zero-order valence-corrected chi connectivity index (χ0v) is 15.7. The Kier molecular flexibility index (Phi) is 6.73. The smallest absolute Gasteiger partial charge is 0.379 e. The predicted octanol–water partition coefficient (Wildman–Crippen LogP) is 0.797. The molecular weight excluding hydrogens is 367 g/mol. The van der Waals surface area contributed by atoms with E-state index in [-0.39, 0.29) is 25.0 Å². The van der Waals surface area contributed by atoms with E-state index >= 15 is 0 Å². The van der Waals surface area contributed by atoms with Gasteiger partial charge in [-0.25, -0.2) is 0 Å². The fraction of sp³-hybridized carbons (Fsp3) is 1.00. The van der Waals surface area contributed by atoms with Gasteiger partial charge in [-0.3, -0.25) is 0 Å². The summed E-state index contributed by atoms with van der Waals surface area (Å²) in [5.41, 5.74) is 0. The first-order valence-corrected chi connectivity index (χ1v) is 10.2. The molecule has 0 bridgehead atoms. The zero-order valence-electron chi connectivity index (χ0n) is 13.9. The molecule has 3 aliphatic heterocycles. The zero-order chi connectivity index (χ0) is 18.1. The van der Waals surface area contributed by atoms with E-state index in [9.17, 15) is 9.13 Å². The van der Waals surface area contributed by atoms with E-state index in [1.165, 1.54) is 7.17 Å². The molecule has 131 valence electrons. The SMILES string of the molecule is [B][B][C@@H]1O[C@@H]2CO[P+](=O)O[C@@H]3C(C)[C@H]([B])O[C@@H]3CO[P+](=O)OC2[C@@H]1C. The molecule has 25 heavy (non-hydrogen) atoms. The van der Waals surface area contributed by atoms with Gasteiger partial charge >= 0.3 is 16.5 Å². The molecule has 3 fully saturated rings. The Morgan fingerprint density at radius 3 is 2.00 bits per heavy atom.